The highest BCUT2D eigenvalue weighted by Crippen LogP contribution is 2.27. The van der Waals surface area contributed by atoms with Crippen LogP contribution in [0.15, 0.2) is 54.6 Å². The quantitative estimate of drug-likeness (QED) is 0.711. The predicted octanol–water partition coefficient (Wildman–Crippen LogP) is 2.53. The van der Waals surface area contributed by atoms with Gasteiger partial charge in [-0.3, -0.25) is 4.79 Å². The summed E-state index contributed by atoms with van der Waals surface area (Å²) in [5, 5.41) is 11.8. The van der Waals surface area contributed by atoms with Gasteiger partial charge in [0.15, 0.2) is 11.5 Å². The van der Waals surface area contributed by atoms with Gasteiger partial charge in [-0.25, -0.2) is 4.79 Å². The number of carboxylic acids is 1. The molecule has 0 fully saturated rings. The van der Waals surface area contributed by atoms with E-state index in [2.05, 4.69) is 5.32 Å². The highest BCUT2D eigenvalue weighted by atomic mass is 16.5. The van der Waals surface area contributed by atoms with Crippen LogP contribution in [0.4, 0.5) is 0 Å². The molecule has 0 saturated carbocycles. The highest BCUT2D eigenvalue weighted by Gasteiger charge is 2.19. The summed E-state index contributed by atoms with van der Waals surface area (Å²) in [4.78, 5) is 23.5. The summed E-state index contributed by atoms with van der Waals surface area (Å²) in [5.41, 5.74) is 1.57. The number of hydrogen-bond donors (Lipinski definition) is 2. The Morgan fingerprint density at radius 1 is 1.08 bits per heavy atom. The average molecular weight is 355 g/mol. The lowest BCUT2D eigenvalue weighted by atomic mass is 10.1. The fourth-order valence-electron chi connectivity index (χ4n) is 2.40. The van der Waals surface area contributed by atoms with Gasteiger partial charge in [-0.1, -0.05) is 36.4 Å². The summed E-state index contributed by atoms with van der Waals surface area (Å²) < 4.78 is 10.4. The van der Waals surface area contributed by atoms with Crippen molar-refractivity contribution in [2.24, 2.45) is 0 Å². The van der Waals surface area contributed by atoms with E-state index in [1.807, 2.05) is 30.3 Å². The molecule has 0 aromatic heterocycles. The molecule has 2 aromatic rings. The molecule has 2 aromatic carbocycles. The molecule has 0 bridgehead atoms. The zero-order valence-electron chi connectivity index (χ0n) is 14.6. The van der Waals surface area contributed by atoms with Gasteiger partial charge in [0.05, 0.1) is 14.2 Å². The molecule has 0 unspecified atom stereocenters. The standard InChI is InChI=1S/C20H21NO5/c1-25-17-10-8-15(13-18(17)26-2)9-11-19(22)21-16(20(23)24)12-14-6-4-3-5-7-14/h3-11,13,16H,12H2,1-2H3,(H,21,22)(H,23,24)/b11-9+/t16-/m1/s1. The Balaban J connectivity index is 2.03. The maximum atomic E-state index is 12.1. The van der Waals surface area contributed by atoms with E-state index in [9.17, 15) is 14.7 Å². The number of hydrogen-bond acceptors (Lipinski definition) is 4. The third-order valence-corrected chi connectivity index (χ3v) is 3.73. The van der Waals surface area contributed by atoms with E-state index in [0.717, 1.165) is 11.1 Å². The Bertz CT molecular complexity index is 786. The molecule has 26 heavy (non-hydrogen) atoms. The van der Waals surface area contributed by atoms with E-state index in [1.54, 1.807) is 31.4 Å². The first-order valence-electron chi connectivity index (χ1n) is 8.01. The van der Waals surface area contributed by atoms with Gasteiger partial charge >= 0.3 is 5.97 Å². The number of aliphatic carboxylic acids is 1. The Labute approximate surface area is 152 Å². The number of rotatable bonds is 8. The molecule has 6 nitrogen and oxygen atoms in total. The largest absolute Gasteiger partial charge is 0.493 e. The van der Waals surface area contributed by atoms with Gasteiger partial charge in [0.2, 0.25) is 5.91 Å². The van der Waals surface area contributed by atoms with Crippen LogP contribution in [-0.4, -0.2) is 37.2 Å². The van der Waals surface area contributed by atoms with Crippen molar-refractivity contribution in [3.8, 4) is 11.5 Å². The van der Waals surface area contributed by atoms with Gasteiger partial charge in [0.25, 0.3) is 0 Å². The zero-order valence-corrected chi connectivity index (χ0v) is 14.6. The molecular formula is C20H21NO5. The number of methoxy groups -OCH3 is 2. The van der Waals surface area contributed by atoms with Crippen molar-refractivity contribution in [3.63, 3.8) is 0 Å². The van der Waals surface area contributed by atoms with Crippen LogP contribution in [0.1, 0.15) is 11.1 Å². The SMILES string of the molecule is COc1ccc(/C=C/C(=O)N[C@H](Cc2ccccc2)C(=O)O)cc1OC. The van der Waals surface area contributed by atoms with E-state index in [1.165, 1.54) is 13.2 Å². The van der Waals surface area contributed by atoms with Crippen LogP contribution in [0.25, 0.3) is 6.08 Å². The number of benzene rings is 2. The number of amides is 1. The first-order valence-corrected chi connectivity index (χ1v) is 8.01. The van der Waals surface area contributed by atoms with E-state index in [0.29, 0.717) is 11.5 Å². The Kier molecular flexibility index (Phi) is 6.79. The predicted molar refractivity (Wildman–Crippen MR) is 98.3 cm³/mol. The van der Waals surface area contributed by atoms with Gasteiger partial charge in [-0.2, -0.15) is 0 Å². The number of ether oxygens (including phenoxy) is 2. The molecule has 0 spiro atoms. The van der Waals surface area contributed by atoms with E-state index < -0.39 is 17.9 Å². The Hall–Kier alpha value is -3.28. The fraction of sp³-hybridized carbons (Fsp3) is 0.200. The van der Waals surface area contributed by atoms with Crippen molar-refractivity contribution in [1.29, 1.82) is 0 Å². The van der Waals surface area contributed by atoms with Crippen LogP contribution >= 0.6 is 0 Å². The lowest BCUT2D eigenvalue weighted by Crippen LogP contribution is -2.41. The van der Waals surface area contributed by atoms with Crippen LogP contribution in [0.2, 0.25) is 0 Å². The van der Waals surface area contributed by atoms with E-state index >= 15 is 0 Å². The van der Waals surface area contributed by atoms with Crippen molar-refractivity contribution in [3.05, 3.63) is 65.7 Å². The average Bonchev–Trinajstić information content (AvgIpc) is 2.66. The molecule has 0 radical (unpaired) electrons. The Morgan fingerprint density at radius 2 is 1.77 bits per heavy atom. The summed E-state index contributed by atoms with van der Waals surface area (Å²) >= 11 is 0. The number of carboxylic acid groups (broad SMARTS) is 1. The van der Waals surface area contributed by atoms with E-state index in [4.69, 9.17) is 9.47 Å². The van der Waals surface area contributed by atoms with Gasteiger partial charge in [0.1, 0.15) is 6.04 Å². The lowest BCUT2D eigenvalue weighted by molar-refractivity contribution is -0.141. The third-order valence-electron chi connectivity index (χ3n) is 3.73. The summed E-state index contributed by atoms with van der Waals surface area (Å²) in [5.74, 6) is -0.435. The third kappa shape index (κ3) is 5.37. The molecule has 0 heterocycles. The molecule has 0 aliphatic heterocycles. The zero-order chi connectivity index (χ0) is 18.9. The molecule has 1 atom stereocenters. The van der Waals surface area contributed by atoms with Gasteiger partial charge in [0, 0.05) is 12.5 Å². The second kappa shape index (κ2) is 9.27. The molecule has 0 aliphatic rings. The second-order valence-corrected chi connectivity index (χ2v) is 5.54. The van der Waals surface area contributed by atoms with Crippen LogP contribution in [0.3, 0.4) is 0 Å². The number of carbonyl (C=O) groups excluding carboxylic acids is 1. The van der Waals surface area contributed by atoms with Crippen molar-refractivity contribution < 1.29 is 24.2 Å². The minimum absolute atomic E-state index is 0.214. The molecular weight excluding hydrogens is 334 g/mol. The normalized spacial score (nSPS) is 11.8. The molecule has 0 aliphatic carbocycles. The van der Waals surface area contributed by atoms with Crippen LogP contribution in [0.5, 0.6) is 11.5 Å². The molecule has 6 heteroatoms. The first-order chi connectivity index (χ1) is 12.5. The fourth-order valence-corrected chi connectivity index (χ4v) is 2.40. The minimum Gasteiger partial charge on any atom is -0.493 e. The van der Waals surface area contributed by atoms with Crippen molar-refractivity contribution in [1.82, 2.24) is 5.32 Å². The van der Waals surface area contributed by atoms with Crippen LogP contribution < -0.4 is 14.8 Å². The summed E-state index contributed by atoms with van der Waals surface area (Å²) in [6.07, 6.45) is 3.09. The van der Waals surface area contributed by atoms with Crippen LogP contribution in [0, 0.1) is 0 Å². The smallest absolute Gasteiger partial charge is 0.326 e. The van der Waals surface area contributed by atoms with Crippen LogP contribution in [-0.2, 0) is 16.0 Å². The molecule has 136 valence electrons. The van der Waals surface area contributed by atoms with Gasteiger partial charge in [-0.05, 0) is 29.3 Å². The summed E-state index contributed by atoms with van der Waals surface area (Å²) in [6.45, 7) is 0. The molecule has 1 amide bonds. The number of nitrogens with one attached hydrogen (secondary N) is 1. The summed E-state index contributed by atoms with van der Waals surface area (Å²) in [7, 11) is 3.07. The summed E-state index contributed by atoms with van der Waals surface area (Å²) in [6, 6.07) is 13.4. The first kappa shape index (κ1) is 19.1. The van der Waals surface area contributed by atoms with Gasteiger partial charge in [-0.15, -0.1) is 0 Å². The number of carbonyl (C=O) groups is 2. The monoisotopic (exact) mass is 355 g/mol. The maximum Gasteiger partial charge on any atom is 0.326 e. The molecule has 2 rings (SSSR count). The topological polar surface area (TPSA) is 84.9 Å². The van der Waals surface area contributed by atoms with Crippen molar-refractivity contribution >= 4 is 18.0 Å². The lowest BCUT2D eigenvalue weighted by Gasteiger charge is -2.13. The van der Waals surface area contributed by atoms with Crippen molar-refractivity contribution in [2.75, 3.05) is 14.2 Å². The maximum absolute atomic E-state index is 12.1. The molecule has 0 saturated heterocycles. The van der Waals surface area contributed by atoms with Crippen molar-refractivity contribution in [2.45, 2.75) is 12.5 Å². The highest BCUT2D eigenvalue weighted by molar-refractivity contribution is 5.94. The van der Waals surface area contributed by atoms with Gasteiger partial charge < -0.3 is 19.9 Å². The second-order valence-electron chi connectivity index (χ2n) is 5.54. The molecule has 2 N–H and O–H groups in total. The minimum atomic E-state index is -1.08. The van der Waals surface area contributed by atoms with E-state index in [-0.39, 0.29) is 6.42 Å². The Morgan fingerprint density at radius 3 is 2.38 bits per heavy atom.